The number of carbonyl (C=O) groups excluding carboxylic acids is 1. The molecule has 2 aromatic heterocycles. The molecule has 2 aromatic rings. The van der Waals surface area contributed by atoms with Gasteiger partial charge in [-0.15, -0.1) is 22.7 Å². The number of hydrogen-bond acceptors (Lipinski definition) is 5. The number of aromatic nitrogens is 1. The Labute approximate surface area is 138 Å². The molecule has 1 aliphatic heterocycles. The summed E-state index contributed by atoms with van der Waals surface area (Å²) in [5, 5.41) is 4.06. The van der Waals surface area contributed by atoms with Gasteiger partial charge in [0.2, 0.25) is 0 Å². The van der Waals surface area contributed by atoms with Crippen molar-refractivity contribution in [2.75, 3.05) is 6.61 Å². The molecular weight excluding hydrogens is 316 g/mol. The highest BCUT2D eigenvalue weighted by Crippen LogP contribution is 2.33. The highest BCUT2D eigenvalue weighted by atomic mass is 32.1. The SMILES string of the molecule is CCc1nc(C)sc1CNC(=O)c1ccc([C@H]2CCCO2)s1. The third kappa shape index (κ3) is 3.39. The van der Waals surface area contributed by atoms with Crippen molar-refractivity contribution in [2.24, 2.45) is 0 Å². The summed E-state index contributed by atoms with van der Waals surface area (Å²) < 4.78 is 5.67. The van der Waals surface area contributed by atoms with E-state index >= 15 is 0 Å². The zero-order valence-electron chi connectivity index (χ0n) is 12.8. The minimum atomic E-state index is -0.0117. The summed E-state index contributed by atoms with van der Waals surface area (Å²) in [6.07, 6.45) is 3.25. The van der Waals surface area contributed by atoms with E-state index in [0.29, 0.717) is 6.54 Å². The average Bonchev–Trinajstić information content (AvgIpc) is 3.23. The number of thiophene rings is 1. The highest BCUT2D eigenvalue weighted by Gasteiger charge is 2.21. The fourth-order valence-electron chi connectivity index (χ4n) is 2.62. The molecule has 3 rings (SSSR count). The highest BCUT2D eigenvalue weighted by molar-refractivity contribution is 7.14. The van der Waals surface area contributed by atoms with Crippen LogP contribution in [0.1, 0.15) is 56.0 Å². The van der Waals surface area contributed by atoms with Gasteiger partial charge in [0.15, 0.2) is 0 Å². The van der Waals surface area contributed by atoms with Gasteiger partial charge in [0, 0.05) is 16.4 Å². The van der Waals surface area contributed by atoms with Gasteiger partial charge in [0.25, 0.3) is 5.91 Å². The number of nitrogens with one attached hydrogen (secondary N) is 1. The molecule has 0 aromatic carbocycles. The molecule has 1 N–H and O–H groups in total. The zero-order chi connectivity index (χ0) is 15.5. The van der Waals surface area contributed by atoms with Crippen molar-refractivity contribution in [3.8, 4) is 0 Å². The van der Waals surface area contributed by atoms with E-state index in [1.165, 1.54) is 11.3 Å². The van der Waals surface area contributed by atoms with Crippen molar-refractivity contribution in [2.45, 2.75) is 45.8 Å². The molecule has 0 spiro atoms. The van der Waals surface area contributed by atoms with Gasteiger partial charge in [0.05, 0.1) is 28.2 Å². The van der Waals surface area contributed by atoms with Gasteiger partial charge in [-0.05, 0) is 38.3 Å². The van der Waals surface area contributed by atoms with Crippen molar-refractivity contribution in [3.63, 3.8) is 0 Å². The standard InChI is InChI=1S/C16H20N2O2S2/c1-3-11-15(21-10(2)18-11)9-17-16(19)14-7-6-13(22-14)12-5-4-8-20-12/h6-7,12H,3-5,8-9H2,1-2H3,(H,17,19)/t12-/m1/s1. The first-order valence-electron chi connectivity index (χ1n) is 7.62. The van der Waals surface area contributed by atoms with Crippen LogP contribution in [0.15, 0.2) is 12.1 Å². The van der Waals surface area contributed by atoms with Crippen LogP contribution in [0.5, 0.6) is 0 Å². The smallest absolute Gasteiger partial charge is 0.261 e. The van der Waals surface area contributed by atoms with Crippen molar-refractivity contribution >= 4 is 28.6 Å². The van der Waals surface area contributed by atoms with Crippen molar-refractivity contribution in [3.05, 3.63) is 37.5 Å². The lowest BCUT2D eigenvalue weighted by molar-refractivity contribution is 0.0955. The molecule has 1 atom stereocenters. The van der Waals surface area contributed by atoms with E-state index in [-0.39, 0.29) is 12.0 Å². The van der Waals surface area contributed by atoms with Crippen LogP contribution in [0, 0.1) is 6.92 Å². The van der Waals surface area contributed by atoms with Gasteiger partial charge >= 0.3 is 0 Å². The van der Waals surface area contributed by atoms with Crippen molar-refractivity contribution in [1.29, 1.82) is 0 Å². The van der Waals surface area contributed by atoms with E-state index in [1.807, 2.05) is 19.1 Å². The molecule has 0 aliphatic carbocycles. The van der Waals surface area contributed by atoms with Crippen LogP contribution in [0.3, 0.4) is 0 Å². The van der Waals surface area contributed by atoms with Gasteiger partial charge in [0.1, 0.15) is 0 Å². The molecule has 0 unspecified atom stereocenters. The number of aryl methyl sites for hydroxylation is 2. The van der Waals surface area contributed by atoms with Gasteiger partial charge in [-0.25, -0.2) is 4.98 Å². The minimum Gasteiger partial charge on any atom is -0.373 e. The third-order valence-corrected chi connectivity index (χ3v) is 5.92. The summed E-state index contributed by atoms with van der Waals surface area (Å²) in [7, 11) is 0. The Bertz CT molecular complexity index is 657. The summed E-state index contributed by atoms with van der Waals surface area (Å²) in [6, 6.07) is 3.92. The Morgan fingerprint density at radius 2 is 2.32 bits per heavy atom. The molecule has 22 heavy (non-hydrogen) atoms. The monoisotopic (exact) mass is 336 g/mol. The van der Waals surface area contributed by atoms with Crippen LogP contribution in [0.25, 0.3) is 0 Å². The third-order valence-electron chi connectivity index (χ3n) is 3.73. The summed E-state index contributed by atoms with van der Waals surface area (Å²) in [6.45, 7) is 5.48. The second-order valence-electron chi connectivity index (χ2n) is 5.34. The number of rotatable bonds is 5. The maximum atomic E-state index is 12.3. The van der Waals surface area contributed by atoms with E-state index < -0.39 is 0 Å². The summed E-state index contributed by atoms with van der Waals surface area (Å²) >= 11 is 3.20. The topological polar surface area (TPSA) is 51.2 Å². The van der Waals surface area contributed by atoms with Crippen molar-refractivity contribution in [1.82, 2.24) is 10.3 Å². The quantitative estimate of drug-likeness (QED) is 0.902. The molecule has 4 nitrogen and oxygen atoms in total. The Morgan fingerprint density at radius 3 is 3.05 bits per heavy atom. The van der Waals surface area contributed by atoms with Crippen LogP contribution >= 0.6 is 22.7 Å². The lowest BCUT2D eigenvalue weighted by Gasteiger charge is -2.05. The lowest BCUT2D eigenvalue weighted by atomic mass is 10.2. The van der Waals surface area contributed by atoms with E-state index in [2.05, 4.69) is 17.2 Å². The Morgan fingerprint density at radius 1 is 1.45 bits per heavy atom. The zero-order valence-corrected chi connectivity index (χ0v) is 14.5. The Balaban J connectivity index is 1.62. The lowest BCUT2D eigenvalue weighted by Crippen LogP contribution is -2.21. The average molecular weight is 336 g/mol. The Kier molecular flexibility index (Phi) is 4.90. The first-order valence-corrected chi connectivity index (χ1v) is 9.25. The molecule has 6 heteroatoms. The van der Waals surface area contributed by atoms with E-state index in [4.69, 9.17) is 4.74 Å². The van der Waals surface area contributed by atoms with Crippen LogP contribution in [-0.2, 0) is 17.7 Å². The van der Waals surface area contributed by atoms with Crippen LogP contribution in [0.4, 0.5) is 0 Å². The maximum absolute atomic E-state index is 12.3. The second-order valence-corrected chi connectivity index (χ2v) is 7.75. The van der Waals surface area contributed by atoms with Gasteiger partial charge in [-0.1, -0.05) is 6.92 Å². The van der Waals surface area contributed by atoms with Crippen LogP contribution < -0.4 is 5.32 Å². The molecule has 0 saturated carbocycles. The number of hydrogen-bond donors (Lipinski definition) is 1. The van der Waals surface area contributed by atoms with E-state index in [0.717, 1.165) is 51.2 Å². The van der Waals surface area contributed by atoms with Crippen LogP contribution in [0.2, 0.25) is 0 Å². The number of thiazole rings is 1. The second kappa shape index (κ2) is 6.89. The molecule has 1 aliphatic rings. The normalized spacial score (nSPS) is 17.8. The number of amides is 1. The number of ether oxygens (including phenoxy) is 1. The maximum Gasteiger partial charge on any atom is 0.261 e. The number of nitrogens with zero attached hydrogens (tertiary/aromatic N) is 1. The van der Waals surface area contributed by atoms with Gasteiger partial charge < -0.3 is 10.1 Å². The molecule has 3 heterocycles. The fraction of sp³-hybridized carbons (Fsp3) is 0.500. The fourth-order valence-corrected chi connectivity index (χ4v) is 4.60. The summed E-state index contributed by atoms with van der Waals surface area (Å²) in [5.74, 6) is -0.0117. The first-order chi connectivity index (χ1) is 10.7. The molecule has 1 amide bonds. The predicted molar refractivity (Wildman–Crippen MR) is 89.6 cm³/mol. The van der Waals surface area contributed by atoms with Crippen LogP contribution in [-0.4, -0.2) is 17.5 Å². The number of carbonyl (C=O) groups is 1. The minimum absolute atomic E-state index is 0.0117. The van der Waals surface area contributed by atoms with Gasteiger partial charge in [-0.2, -0.15) is 0 Å². The van der Waals surface area contributed by atoms with Gasteiger partial charge in [-0.3, -0.25) is 4.79 Å². The molecule has 0 radical (unpaired) electrons. The first kappa shape index (κ1) is 15.6. The Hall–Kier alpha value is -1.24. The molecule has 1 fully saturated rings. The van der Waals surface area contributed by atoms with Crippen molar-refractivity contribution < 1.29 is 9.53 Å². The predicted octanol–water partition coefficient (Wildman–Crippen LogP) is 3.86. The summed E-state index contributed by atoms with van der Waals surface area (Å²) in [5.41, 5.74) is 1.09. The largest absolute Gasteiger partial charge is 0.373 e. The molecule has 1 saturated heterocycles. The van der Waals surface area contributed by atoms with E-state index in [9.17, 15) is 4.79 Å². The molecular formula is C16H20N2O2S2. The van der Waals surface area contributed by atoms with E-state index in [1.54, 1.807) is 11.3 Å². The molecule has 0 bridgehead atoms. The molecule has 118 valence electrons. The summed E-state index contributed by atoms with van der Waals surface area (Å²) in [4.78, 5) is 19.9.